The molecule has 5 rings (SSSR count). The molecule has 4 heteroatoms. The first kappa shape index (κ1) is 27.4. The molecule has 0 aliphatic carbocycles. The van der Waals surface area contributed by atoms with Crippen molar-refractivity contribution in [2.75, 3.05) is 13.1 Å². The summed E-state index contributed by atoms with van der Waals surface area (Å²) in [5.41, 5.74) is 4.57. The van der Waals surface area contributed by atoms with Crippen LogP contribution in [0.25, 0.3) is 0 Å². The number of carbonyl (C=O) groups is 2. The van der Waals surface area contributed by atoms with Gasteiger partial charge in [0.15, 0.2) is 0 Å². The van der Waals surface area contributed by atoms with Crippen molar-refractivity contribution < 1.29 is 9.59 Å². The second-order valence-corrected chi connectivity index (χ2v) is 10.9. The van der Waals surface area contributed by atoms with Crippen LogP contribution in [0.1, 0.15) is 60.8 Å². The normalized spacial score (nSPS) is 17.3. The second kappa shape index (κ2) is 12.8. The molecule has 0 spiro atoms. The van der Waals surface area contributed by atoms with Crippen molar-refractivity contribution >= 4 is 11.8 Å². The van der Waals surface area contributed by atoms with Crippen molar-refractivity contribution in [1.82, 2.24) is 9.80 Å². The summed E-state index contributed by atoms with van der Waals surface area (Å²) in [6.07, 6.45) is 0.812. The zero-order valence-electron chi connectivity index (χ0n) is 23.4. The van der Waals surface area contributed by atoms with Gasteiger partial charge in [-0.05, 0) is 36.1 Å². The van der Waals surface area contributed by atoms with Gasteiger partial charge in [-0.15, -0.1) is 0 Å². The van der Waals surface area contributed by atoms with Crippen LogP contribution in [0.5, 0.6) is 0 Å². The van der Waals surface area contributed by atoms with Crippen molar-refractivity contribution in [2.24, 2.45) is 0 Å². The van der Waals surface area contributed by atoms with E-state index in [9.17, 15) is 9.59 Å². The standard InChI is InChI=1S/C36H38N2O2/c1-27-25-38(36(40)24-34(31-19-11-5-12-20-31)32-21-13-6-14-22-32)28(2)26-37(27)35(39)23-33(29-15-7-3-8-16-29)30-17-9-4-10-18-30/h3-22,27-28,33-34H,23-26H2,1-2H3. The molecule has 204 valence electrons. The molecule has 4 aromatic carbocycles. The van der Waals surface area contributed by atoms with Crippen LogP contribution in [0.4, 0.5) is 0 Å². The Kier molecular flexibility index (Phi) is 8.75. The lowest BCUT2D eigenvalue weighted by Crippen LogP contribution is -2.59. The number of nitrogens with zero attached hydrogens (tertiary/aromatic N) is 2. The topological polar surface area (TPSA) is 40.6 Å². The Morgan fingerprint density at radius 3 is 1.02 bits per heavy atom. The van der Waals surface area contributed by atoms with Gasteiger partial charge in [0, 0.05) is 49.9 Å². The van der Waals surface area contributed by atoms with Crippen LogP contribution in [0.3, 0.4) is 0 Å². The van der Waals surface area contributed by atoms with E-state index in [1.54, 1.807) is 0 Å². The van der Waals surface area contributed by atoms with E-state index >= 15 is 0 Å². The zero-order chi connectivity index (χ0) is 27.9. The Labute approximate surface area is 238 Å². The minimum atomic E-state index is -0.0493. The van der Waals surface area contributed by atoms with E-state index in [1.807, 2.05) is 82.6 Å². The van der Waals surface area contributed by atoms with E-state index in [4.69, 9.17) is 0 Å². The van der Waals surface area contributed by atoms with Crippen LogP contribution < -0.4 is 0 Å². The van der Waals surface area contributed by atoms with Crippen molar-refractivity contribution in [3.05, 3.63) is 144 Å². The largest absolute Gasteiger partial charge is 0.336 e. The molecular formula is C36H38N2O2. The van der Waals surface area contributed by atoms with Crippen molar-refractivity contribution in [1.29, 1.82) is 0 Å². The summed E-state index contributed by atoms with van der Waals surface area (Å²) < 4.78 is 0. The van der Waals surface area contributed by atoms with Crippen molar-refractivity contribution in [3.8, 4) is 0 Å². The first-order valence-corrected chi connectivity index (χ1v) is 14.3. The Morgan fingerprint density at radius 2 is 0.775 bits per heavy atom. The molecule has 2 atom stereocenters. The number of amides is 2. The van der Waals surface area contributed by atoms with E-state index in [0.717, 1.165) is 22.3 Å². The molecule has 0 saturated carbocycles. The van der Waals surface area contributed by atoms with Gasteiger partial charge in [-0.1, -0.05) is 121 Å². The van der Waals surface area contributed by atoms with E-state index in [-0.39, 0.29) is 35.7 Å². The van der Waals surface area contributed by atoms with Gasteiger partial charge in [0.25, 0.3) is 0 Å². The summed E-state index contributed by atoms with van der Waals surface area (Å²) in [6, 6.07) is 41.0. The number of hydrogen-bond donors (Lipinski definition) is 0. The van der Waals surface area contributed by atoms with Crippen LogP contribution in [-0.2, 0) is 9.59 Å². The molecule has 0 aromatic heterocycles. The van der Waals surface area contributed by atoms with Gasteiger partial charge in [-0.25, -0.2) is 0 Å². The monoisotopic (exact) mass is 530 g/mol. The zero-order valence-corrected chi connectivity index (χ0v) is 23.4. The molecule has 0 bridgehead atoms. The fourth-order valence-electron chi connectivity index (χ4n) is 6.00. The first-order chi connectivity index (χ1) is 19.5. The molecule has 4 nitrogen and oxygen atoms in total. The summed E-state index contributed by atoms with van der Waals surface area (Å²) in [5, 5.41) is 0. The number of carbonyl (C=O) groups excluding carboxylic acids is 2. The minimum absolute atomic E-state index is 0.00503. The molecule has 1 aliphatic heterocycles. The predicted octanol–water partition coefficient (Wildman–Crippen LogP) is 6.88. The third kappa shape index (κ3) is 6.34. The quantitative estimate of drug-likeness (QED) is 0.249. The van der Waals surface area contributed by atoms with Crippen molar-refractivity contribution in [2.45, 2.75) is 50.6 Å². The molecule has 1 saturated heterocycles. The molecule has 2 unspecified atom stereocenters. The number of hydrogen-bond acceptors (Lipinski definition) is 2. The van der Waals surface area contributed by atoms with Gasteiger partial charge in [0.05, 0.1) is 0 Å². The van der Waals surface area contributed by atoms with E-state index in [2.05, 4.69) is 62.4 Å². The Bertz CT molecular complexity index is 1190. The number of piperazine rings is 1. The Balaban J connectivity index is 1.29. The lowest BCUT2D eigenvalue weighted by atomic mass is 9.87. The van der Waals surface area contributed by atoms with Gasteiger partial charge in [0.2, 0.25) is 11.8 Å². The summed E-state index contributed by atoms with van der Waals surface area (Å²) in [5.74, 6) is 0.260. The van der Waals surface area contributed by atoms with Gasteiger partial charge in [0.1, 0.15) is 0 Å². The molecule has 1 heterocycles. The summed E-state index contributed by atoms with van der Waals surface area (Å²) in [6.45, 7) is 5.22. The number of rotatable bonds is 8. The van der Waals surface area contributed by atoms with Crippen molar-refractivity contribution in [3.63, 3.8) is 0 Å². The van der Waals surface area contributed by atoms with Crippen LogP contribution in [0, 0.1) is 0 Å². The fourth-order valence-corrected chi connectivity index (χ4v) is 6.00. The van der Waals surface area contributed by atoms with E-state index in [1.165, 1.54) is 0 Å². The molecule has 4 aromatic rings. The first-order valence-electron chi connectivity index (χ1n) is 14.3. The smallest absolute Gasteiger partial charge is 0.223 e. The summed E-state index contributed by atoms with van der Waals surface area (Å²) >= 11 is 0. The predicted molar refractivity (Wildman–Crippen MR) is 161 cm³/mol. The molecule has 1 fully saturated rings. The highest BCUT2D eigenvalue weighted by Crippen LogP contribution is 2.32. The van der Waals surface area contributed by atoms with Gasteiger partial charge in [-0.2, -0.15) is 0 Å². The molecular weight excluding hydrogens is 492 g/mol. The Morgan fingerprint density at radius 1 is 0.525 bits per heavy atom. The van der Waals surface area contributed by atoms with E-state index in [0.29, 0.717) is 25.9 Å². The molecule has 40 heavy (non-hydrogen) atoms. The molecule has 2 amide bonds. The summed E-state index contributed by atoms with van der Waals surface area (Å²) in [4.78, 5) is 31.5. The SMILES string of the molecule is CC1CN(C(=O)CC(c2ccccc2)c2ccccc2)C(C)CN1C(=O)CC(c1ccccc1)c1ccccc1. The lowest BCUT2D eigenvalue weighted by Gasteiger charge is -2.45. The average molecular weight is 531 g/mol. The van der Waals surface area contributed by atoms with Gasteiger partial charge < -0.3 is 9.80 Å². The van der Waals surface area contributed by atoms with Gasteiger partial charge in [-0.3, -0.25) is 9.59 Å². The fraction of sp³-hybridized carbons (Fsp3) is 0.278. The molecule has 0 N–H and O–H groups in total. The highest BCUT2D eigenvalue weighted by molar-refractivity contribution is 5.81. The third-order valence-corrected chi connectivity index (χ3v) is 8.19. The highest BCUT2D eigenvalue weighted by Gasteiger charge is 2.36. The van der Waals surface area contributed by atoms with Crippen LogP contribution in [0.2, 0.25) is 0 Å². The Hall–Kier alpha value is -4.18. The third-order valence-electron chi connectivity index (χ3n) is 8.19. The maximum Gasteiger partial charge on any atom is 0.223 e. The maximum absolute atomic E-state index is 13.8. The van der Waals surface area contributed by atoms with Crippen LogP contribution in [0.15, 0.2) is 121 Å². The minimum Gasteiger partial charge on any atom is -0.336 e. The summed E-state index contributed by atoms with van der Waals surface area (Å²) in [7, 11) is 0. The lowest BCUT2D eigenvalue weighted by molar-refractivity contribution is -0.146. The maximum atomic E-state index is 13.8. The van der Waals surface area contributed by atoms with Gasteiger partial charge >= 0.3 is 0 Å². The second-order valence-electron chi connectivity index (χ2n) is 10.9. The number of benzene rings is 4. The van der Waals surface area contributed by atoms with E-state index < -0.39 is 0 Å². The average Bonchev–Trinajstić information content (AvgIpc) is 3.01. The molecule has 1 aliphatic rings. The van der Waals surface area contributed by atoms with Crippen LogP contribution >= 0.6 is 0 Å². The highest BCUT2D eigenvalue weighted by atomic mass is 16.2. The molecule has 0 radical (unpaired) electrons. The van der Waals surface area contributed by atoms with Crippen LogP contribution in [-0.4, -0.2) is 46.8 Å².